The highest BCUT2D eigenvalue weighted by Gasteiger charge is 2.26. The molecule has 2 heterocycles. The molecule has 204 valence electrons. The van der Waals surface area contributed by atoms with Gasteiger partial charge in [-0.05, 0) is 23.1 Å². The molecule has 0 aromatic heterocycles. The highest BCUT2D eigenvalue weighted by molar-refractivity contribution is 5.49. The Bertz CT molecular complexity index is 1130. The van der Waals surface area contributed by atoms with Crippen LogP contribution in [0.1, 0.15) is 29.2 Å². The summed E-state index contributed by atoms with van der Waals surface area (Å²) in [6.07, 6.45) is 10.3. The second-order valence-corrected chi connectivity index (χ2v) is 10.8. The van der Waals surface area contributed by atoms with E-state index >= 15 is 0 Å². The van der Waals surface area contributed by atoms with E-state index in [-0.39, 0.29) is 0 Å². The molecule has 0 N–H and O–H groups in total. The fourth-order valence-corrected chi connectivity index (χ4v) is 5.80. The minimum Gasteiger partial charge on any atom is -0.301 e. The molecule has 0 spiro atoms. The van der Waals surface area contributed by atoms with Crippen LogP contribution in [-0.2, 0) is 0 Å². The van der Waals surface area contributed by atoms with Crippen molar-refractivity contribution in [2.24, 2.45) is 0 Å². The first-order valence-corrected chi connectivity index (χ1v) is 14.7. The van der Waals surface area contributed by atoms with Gasteiger partial charge in [-0.3, -0.25) is 14.7 Å². The molecule has 0 radical (unpaired) electrons. The van der Waals surface area contributed by atoms with Gasteiger partial charge in [0.2, 0.25) is 0 Å². The molecule has 4 nitrogen and oxygen atoms in total. The fraction of sp³-hybridized carbons (Fsp3) is 0.371. The van der Waals surface area contributed by atoms with Gasteiger partial charge in [-0.2, -0.15) is 0 Å². The third kappa shape index (κ3) is 8.74. The third-order valence-corrected chi connectivity index (χ3v) is 8.16. The van der Waals surface area contributed by atoms with Gasteiger partial charge in [0.1, 0.15) is 0 Å². The van der Waals surface area contributed by atoms with Crippen molar-refractivity contribution in [3.05, 3.63) is 120 Å². The van der Waals surface area contributed by atoms with Gasteiger partial charge >= 0.3 is 0 Å². The van der Waals surface area contributed by atoms with Crippen molar-refractivity contribution in [3.8, 4) is 0 Å². The van der Waals surface area contributed by atoms with E-state index in [4.69, 9.17) is 0 Å². The van der Waals surface area contributed by atoms with Gasteiger partial charge in [-0.1, -0.05) is 115 Å². The van der Waals surface area contributed by atoms with Gasteiger partial charge in [0.05, 0.1) is 0 Å². The molecule has 3 aromatic carbocycles. The Balaban J connectivity index is 1.07. The maximum Gasteiger partial charge on any atom is 0.0361 e. The second kappa shape index (κ2) is 14.9. The largest absolute Gasteiger partial charge is 0.301 e. The zero-order chi connectivity index (χ0) is 26.5. The van der Waals surface area contributed by atoms with Crippen molar-refractivity contribution < 1.29 is 0 Å². The SMILES string of the molecule is C(=C\c1ccccc1)/CN1CCN(CCC(c2ccccc2)N2CCN(C/C=C/c3ccccc3)CC2)CC1. The van der Waals surface area contributed by atoms with Crippen LogP contribution in [0.5, 0.6) is 0 Å². The minimum absolute atomic E-state index is 0.500. The van der Waals surface area contributed by atoms with Crippen molar-refractivity contribution in [1.29, 1.82) is 0 Å². The third-order valence-electron chi connectivity index (χ3n) is 8.16. The maximum atomic E-state index is 2.73. The molecule has 2 aliphatic heterocycles. The summed E-state index contributed by atoms with van der Waals surface area (Å²) in [5.41, 5.74) is 4.04. The lowest BCUT2D eigenvalue weighted by Crippen LogP contribution is -2.49. The summed E-state index contributed by atoms with van der Waals surface area (Å²) in [5.74, 6) is 0. The van der Waals surface area contributed by atoms with E-state index in [0.717, 1.165) is 52.4 Å². The molecule has 39 heavy (non-hydrogen) atoms. The van der Waals surface area contributed by atoms with Gasteiger partial charge < -0.3 is 4.90 Å². The van der Waals surface area contributed by atoms with E-state index in [9.17, 15) is 0 Å². The molecule has 0 amide bonds. The lowest BCUT2D eigenvalue weighted by molar-refractivity contribution is 0.0831. The molecular formula is C35H44N4. The van der Waals surface area contributed by atoms with Crippen molar-refractivity contribution in [1.82, 2.24) is 19.6 Å². The lowest BCUT2D eigenvalue weighted by atomic mass is 10.0. The quantitative estimate of drug-likeness (QED) is 0.318. The Morgan fingerprint density at radius 3 is 1.46 bits per heavy atom. The van der Waals surface area contributed by atoms with Crippen LogP contribution in [0.3, 0.4) is 0 Å². The van der Waals surface area contributed by atoms with Crippen molar-refractivity contribution in [2.45, 2.75) is 12.5 Å². The predicted octanol–water partition coefficient (Wildman–Crippen LogP) is 5.78. The first kappa shape index (κ1) is 27.5. The molecule has 4 heteroatoms. The Morgan fingerprint density at radius 1 is 0.513 bits per heavy atom. The van der Waals surface area contributed by atoms with Gasteiger partial charge in [0.25, 0.3) is 0 Å². The van der Waals surface area contributed by atoms with Crippen LogP contribution in [0.2, 0.25) is 0 Å². The molecule has 3 aromatic rings. The summed E-state index contributed by atoms with van der Waals surface area (Å²) in [7, 11) is 0. The molecule has 0 bridgehead atoms. The molecular weight excluding hydrogens is 476 g/mol. The summed E-state index contributed by atoms with van der Waals surface area (Å²) < 4.78 is 0. The number of hydrogen-bond acceptors (Lipinski definition) is 4. The summed E-state index contributed by atoms with van der Waals surface area (Å²) in [4.78, 5) is 10.6. The number of nitrogens with zero attached hydrogens (tertiary/aromatic N) is 4. The first-order valence-electron chi connectivity index (χ1n) is 14.7. The smallest absolute Gasteiger partial charge is 0.0361 e. The topological polar surface area (TPSA) is 13.0 Å². The van der Waals surface area contributed by atoms with Gasteiger partial charge in [-0.15, -0.1) is 0 Å². The summed E-state index contributed by atoms with van der Waals surface area (Å²) >= 11 is 0. The maximum absolute atomic E-state index is 2.73. The highest BCUT2D eigenvalue weighted by Crippen LogP contribution is 2.26. The van der Waals surface area contributed by atoms with Crippen LogP contribution >= 0.6 is 0 Å². The van der Waals surface area contributed by atoms with E-state index < -0.39 is 0 Å². The Morgan fingerprint density at radius 2 is 0.949 bits per heavy atom. The van der Waals surface area contributed by atoms with E-state index in [1.807, 2.05) is 0 Å². The Labute approximate surface area is 235 Å². The van der Waals surface area contributed by atoms with Crippen molar-refractivity contribution in [2.75, 3.05) is 72.0 Å². The van der Waals surface area contributed by atoms with Crippen LogP contribution in [-0.4, -0.2) is 91.6 Å². The van der Waals surface area contributed by atoms with Crippen LogP contribution in [0, 0.1) is 0 Å². The molecule has 2 aliphatic rings. The number of benzene rings is 3. The molecule has 1 atom stereocenters. The van der Waals surface area contributed by atoms with E-state index in [2.05, 4.69) is 135 Å². The van der Waals surface area contributed by atoms with Crippen LogP contribution in [0.25, 0.3) is 12.2 Å². The second-order valence-electron chi connectivity index (χ2n) is 10.8. The van der Waals surface area contributed by atoms with Crippen molar-refractivity contribution >= 4 is 12.2 Å². The lowest BCUT2D eigenvalue weighted by Gasteiger charge is -2.41. The molecule has 2 saturated heterocycles. The molecule has 2 fully saturated rings. The summed E-state index contributed by atoms with van der Waals surface area (Å²) in [6, 6.07) is 32.9. The van der Waals surface area contributed by atoms with E-state index in [1.54, 1.807) is 0 Å². The minimum atomic E-state index is 0.500. The predicted molar refractivity (Wildman–Crippen MR) is 166 cm³/mol. The Kier molecular flexibility index (Phi) is 10.6. The molecule has 0 aliphatic carbocycles. The average Bonchev–Trinajstić information content (AvgIpc) is 3.00. The zero-order valence-electron chi connectivity index (χ0n) is 23.3. The van der Waals surface area contributed by atoms with Gasteiger partial charge in [0, 0.05) is 78.0 Å². The summed E-state index contributed by atoms with van der Waals surface area (Å²) in [6.45, 7) is 12.5. The monoisotopic (exact) mass is 520 g/mol. The number of hydrogen-bond donors (Lipinski definition) is 0. The van der Waals surface area contributed by atoms with E-state index in [0.29, 0.717) is 6.04 Å². The normalized spacial score (nSPS) is 19.2. The number of piperazine rings is 2. The highest BCUT2D eigenvalue weighted by atomic mass is 15.3. The average molecular weight is 521 g/mol. The Hall–Kier alpha value is -3.02. The van der Waals surface area contributed by atoms with Gasteiger partial charge in [0.15, 0.2) is 0 Å². The molecule has 5 rings (SSSR count). The fourth-order valence-electron chi connectivity index (χ4n) is 5.80. The van der Waals surface area contributed by atoms with Crippen LogP contribution < -0.4 is 0 Å². The van der Waals surface area contributed by atoms with Gasteiger partial charge in [-0.25, -0.2) is 0 Å². The number of rotatable bonds is 11. The first-order chi connectivity index (χ1) is 19.3. The summed E-state index contributed by atoms with van der Waals surface area (Å²) in [5, 5.41) is 0. The zero-order valence-corrected chi connectivity index (χ0v) is 23.3. The van der Waals surface area contributed by atoms with E-state index in [1.165, 1.54) is 42.7 Å². The van der Waals surface area contributed by atoms with Crippen molar-refractivity contribution in [3.63, 3.8) is 0 Å². The molecule has 1 unspecified atom stereocenters. The standard InChI is InChI=1S/C35H44N4/c1-4-12-32(13-5-1)16-10-21-36-24-26-38(27-25-36)23-20-35(34-18-8-3-9-19-34)39-30-28-37(29-31-39)22-11-17-33-14-6-2-7-15-33/h1-19,35H,20-31H2/b16-10+,17-11+. The molecule has 0 saturated carbocycles. The van der Waals surface area contributed by atoms with Crippen LogP contribution in [0.4, 0.5) is 0 Å². The van der Waals surface area contributed by atoms with Crippen LogP contribution in [0.15, 0.2) is 103 Å².